The van der Waals surface area contributed by atoms with Gasteiger partial charge in [-0.25, -0.2) is 9.78 Å². The number of carbonyl (C=O) groups is 4. The summed E-state index contributed by atoms with van der Waals surface area (Å²) >= 11 is 7.27. The van der Waals surface area contributed by atoms with Crippen molar-refractivity contribution in [3.8, 4) is 11.5 Å². The van der Waals surface area contributed by atoms with Gasteiger partial charge in [-0.1, -0.05) is 66.2 Å². The molecule has 4 aromatic carbocycles. The van der Waals surface area contributed by atoms with Crippen LogP contribution in [0.3, 0.4) is 0 Å². The predicted octanol–water partition coefficient (Wildman–Crippen LogP) is 8.52. The Labute approximate surface area is 510 Å². The maximum absolute atomic E-state index is 13.8. The minimum Gasteiger partial charge on any atom is -0.494 e. The van der Waals surface area contributed by atoms with Gasteiger partial charge in [0.25, 0.3) is 0 Å². The number of unbranched alkanes of at least 4 members (excludes halogenated alkanes) is 1. The highest BCUT2D eigenvalue weighted by Crippen LogP contribution is 2.28. The van der Waals surface area contributed by atoms with Crippen molar-refractivity contribution >= 4 is 69.4 Å². The average molecular weight is 1230 g/mol. The lowest BCUT2D eigenvalue weighted by atomic mass is 10.0. The number of ether oxygens (including phenoxy) is 5. The van der Waals surface area contributed by atoms with Gasteiger partial charge in [-0.3, -0.25) is 24.7 Å². The molecule has 0 radical (unpaired) electrons. The molecule has 6 rings (SSSR count). The van der Waals surface area contributed by atoms with Gasteiger partial charge in [0, 0.05) is 81.0 Å². The van der Waals surface area contributed by atoms with Gasteiger partial charge in [0.15, 0.2) is 5.13 Å². The van der Waals surface area contributed by atoms with Crippen LogP contribution in [0.15, 0.2) is 119 Å². The number of halogens is 4. The maximum Gasteiger partial charge on any atom is 0.390 e. The van der Waals surface area contributed by atoms with Crippen LogP contribution in [-0.2, 0) is 48.0 Å². The fraction of sp³-hybridized carbons (Fsp3) is 0.459. The van der Waals surface area contributed by atoms with Crippen molar-refractivity contribution in [3.05, 3.63) is 136 Å². The zero-order chi connectivity index (χ0) is 61.4. The van der Waals surface area contributed by atoms with E-state index in [4.69, 9.17) is 41.1 Å². The first kappa shape index (κ1) is 67.9. The Morgan fingerprint density at radius 1 is 0.767 bits per heavy atom. The van der Waals surface area contributed by atoms with Gasteiger partial charge in [0.05, 0.1) is 77.0 Å². The van der Waals surface area contributed by atoms with Gasteiger partial charge in [0.2, 0.25) is 17.7 Å². The number of nitrogens with two attached hydrogens (primary N) is 1. The number of anilines is 2. The largest absolute Gasteiger partial charge is 0.494 e. The van der Waals surface area contributed by atoms with Crippen LogP contribution >= 0.6 is 22.9 Å². The molecule has 86 heavy (non-hydrogen) atoms. The Balaban J connectivity index is 0.745. The lowest BCUT2D eigenvalue weighted by molar-refractivity contribution is -0.152. The second kappa shape index (κ2) is 37.4. The number of hydrogen-bond donors (Lipinski definition) is 4. The molecule has 1 saturated heterocycles. The third kappa shape index (κ3) is 26.2. The number of rotatable bonds is 37. The first-order valence-electron chi connectivity index (χ1n) is 28.7. The van der Waals surface area contributed by atoms with Gasteiger partial charge in [-0.05, 0) is 105 Å². The van der Waals surface area contributed by atoms with Gasteiger partial charge in [0.1, 0.15) is 24.1 Å². The van der Waals surface area contributed by atoms with Crippen molar-refractivity contribution in [1.29, 1.82) is 0 Å². The van der Waals surface area contributed by atoms with Crippen LogP contribution in [0.5, 0.6) is 11.5 Å². The molecule has 1 aliphatic rings. The minimum atomic E-state index is -4.54. The highest BCUT2D eigenvalue weighted by atomic mass is 35.5. The van der Waals surface area contributed by atoms with Crippen LogP contribution in [0, 0.1) is 0 Å². The number of carbonyl (C=O) groups excluding carboxylic acids is 4. The lowest BCUT2D eigenvalue weighted by Crippen LogP contribution is -2.47. The number of hydrogen-bond acceptors (Lipinski definition) is 16. The smallest absolute Gasteiger partial charge is 0.390 e. The van der Waals surface area contributed by atoms with Crippen LogP contribution in [0.2, 0.25) is 5.02 Å². The van der Waals surface area contributed by atoms with Crippen LogP contribution in [0.1, 0.15) is 60.5 Å². The van der Waals surface area contributed by atoms with Gasteiger partial charge in [-0.2, -0.15) is 18.3 Å². The Hall–Kier alpha value is -7.19. The maximum atomic E-state index is 13.8. The summed E-state index contributed by atoms with van der Waals surface area (Å²) in [6, 6.07) is 27.7. The molecule has 0 bridgehead atoms. The molecule has 1 aliphatic heterocycles. The Morgan fingerprint density at radius 2 is 1.43 bits per heavy atom. The second-order valence-corrected chi connectivity index (χ2v) is 21.6. The molecule has 5 N–H and O–H groups in total. The van der Waals surface area contributed by atoms with Gasteiger partial charge < -0.3 is 59.8 Å². The number of alkyl halides is 3. The normalized spacial score (nSPS) is 13.4. The number of nitrogens with one attached hydrogen (secondary N) is 3. The molecule has 2 heterocycles. The van der Waals surface area contributed by atoms with Crippen molar-refractivity contribution in [2.45, 2.75) is 63.7 Å². The van der Waals surface area contributed by atoms with E-state index in [-0.39, 0.29) is 31.7 Å². The molecule has 0 aliphatic carbocycles. The van der Waals surface area contributed by atoms with Crippen LogP contribution < -0.4 is 31.3 Å². The van der Waals surface area contributed by atoms with Crippen molar-refractivity contribution in [3.63, 3.8) is 0 Å². The molecular weight excluding hydrogens is 1160 g/mol. The number of urea groups is 1. The fourth-order valence-electron chi connectivity index (χ4n) is 8.73. The molecule has 0 saturated carbocycles. The molecule has 1 atom stereocenters. The monoisotopic (exact) mass is 1230 g/mol. The Bertz CT molecular complexity index is 2870. The number of thiazole rings is 1. The van der Waals surface area contributed by atoms with E-state index in [0.717, 1.165) is 55.0 Å². The molecule has 1 fully saturated rings. The van der Waals surface area contributed by atoms with Crippen LogP contribution in [0.4, 0.5) is 28.8 Å². The minimum absolute atomic E-state index is 0.0348. The summed E-state index contributed by atoms with van der Waals surface area (Å²) in [5.74, 6) is 5.72. The Morgan fingerprint density at radius 3 is 2.14 bits per heavy atom. The van der Waals surface area contributed by atoms with E-state index >= 15 is 0 Å². The summed E-state index contributed by atoms with van der Waals surface area (Å²) in [7, 11) is 4.07. The SMILES string of the molecule is CN(CCCCOc1ccc(CCC(=O)N(CCC(F)(F)F)C(C(=O)NCc2ccc(Cl)cc2)c2ccccc2)cc1)CCOCCOCC/C(C=NCCOCCOc1ccc(NC(=O)Nc2nc(CC(=O)N3CCN(C)CC3)cs2)cc1)=N/N. The number of piperazine rings is 1. The van der Waals surface area contributed by atoms with E-state index in [2.05, 4.69) is 40.8 Å². The zero-order valence-electron chi connectivity index (χ0n) is 48.8. The number of aliphatic imine (C=N–C) groups is 1. The molecule has 0 spiro atoms. The highest BCUT2D eigenvalue weighted by molar-refractivity contribution is 7.14. The topological polar surface area (TPSA) is 227 Å². The van der Waals surface area contributed by atoms with E-state index in [1.165, 1.54) is 11.3 Å². The van der Waals surface area contributed by atoms with Crippen molar-refractivity contribution in [2.75, 3.05) is 130 Å². The van der Waals surface area contributed by atoms with E-state index in [1.807, 2.05) is 43.3 Å². The molecule has 25 heteroatoms. The summed E-state index contributed by atoms with van der Waals surface area (Å²) in [4.78, 5) is 68.7. The summed E-state index contributed by atoms with van der Waals surface area (Å²) < 4.78 is 69.5. The summed E-state index contributed by atoms with van der Waals surface area (Å²) in [6.45, 7) is 7.97. The standard InChI is InChI=1S/C61H79ClF3N11O9S/c1-73(27-6-7-34-84-53-19-12-46(13-20-53)14-23-55(77)76(28-25-61(63,64)65)57(48-8-4-3-5-9-48)58(79)68-43-47-10-15-49(62)16-11-47)33-37-83-39-38-81-35-24-51(72-66)44-67-26-36-82-40-41-85-54-21-17-50(18-22-54)69-59(80)71-60-70-52(45-86-60)42-56(78)75-31-29-74(2)30-32-75/h3-5,8-13,15-22,44-45,57H,6-7,14,23-43,66H2,1-2H3,(H,68,79)(H2,69,70,71,80)/b67-44?,72-51-. The van der Waals surface area contributed by atoms with Gasteiger partial charge in [-0.15, -0.1) is 11.3 Å². The third-order valence-electron chi connectivity index (χ3n) is 13.6. The number of benzene rings is 4. The summed E-state index contributed by atoms with van der Waals surface area (Å²) in [5, 5.41) is 14.8. The third-order valence-corrected chi connectivity index (χ3v) is 14.7. The molecule has 466 valence electrons. The highest BCUT2D eigenvalue weighted by Gasteiger charge is 2.35. The molecule has 1 unspecified atom stereocenters. The van der Waals surface area contributed by atoms with Gasteiger partial charge >= 0.3 is 12.2 Å². The average Bonchev–Trinajstić information content (AvgIpc) is 2.99. The predicted molar refractivity (Wildman–Crippen MR) is 328 cm³/mol. The molecular formula is C61H79ClF3N11O9S. The van der Waals surface area contributed by atoms with Crippen LogP contribution in [-0.4, -0.2) is 186 Å². The van der Waals surface area contributed by atoms with Crippen molar-refractivity contribution in [2.24, 2.45) is 15.9 Å². The zero-order valence-corrected chi connectivity index (χ0v) is 50.4. The quantitative estimate of drug-likeness (QED) is 0.0127. The summed E-state index contributed by atoms with van der Waals surface area (Å²) in [6.07, 6.45) is -1.60. The first-order valence-corrected chi connectivity index (χ1v) is 29.9. The van der Waals surface area contributed by atoms with Crippen molar-refractivity contribution < 1.29 is 56.0 Å². The lowest BCUT2D eigenvalue weighted by Gasteiger charge is -2.32. The van der Waals surface area contributed by atoms with Crippen molar-refractivity contribution in [1.82, 2.24) is 29.9 Å². The number of likely N-dealkylation sites (N-methyl/N-ethyl adjacent to an activating group) is 2. The van der Waals surface area contributed by atoms with E-state index in [9.17, 15) is 32.3 Å². The fourth-order valence-corrected chi connectivity index (χ4v) is 9.56. The number of aryl methyl sites for hydroxylation is 1. The second-order valence-electron chi connectivity index (χ2n) is 20.3. The molecule has 5 aromatic rings. The number of amides is 5. The molecule has 1 aromatic heterocycles. The number of aromatic nitrogens is 1. The molecule has 20 nitrogen and oxygen atoms in total. The van der Waals surface area contributed by atoms with E-state index < -0.39 is 43.0 Å². The molecule has 5 amide bonds. The number of hydrazone groups is 1. The van der Waals surface area contributed by atoms with Crippen LogP contribution in [0.25, 0.3) is 0 Å². The Kier molecular flexibility index (Phi) is 29.5. The van der Waals surface area contributed by atoms with E-state index in [0.29, 0.717) is 123 Å². The first-order chi connectivity index (χ1) is 41.6. The van der Waals surface area contributed by atoms with E-state index in [1.54, 1.807) is 90.5 Å². The number of nitrogens with zero attached hydrogens (tertiary/aromatic N) is 7. The summed E-state index contributed by atoms with van der Waals surface area (Å²) in [5.41, 5.74) is 3.75.